The maximum Gasteiger partial charge on any atom is 0.229 e. The molecule has 6 nitrogen and oxygen atoms in total. The van der Waals surface area contributed by atoms with Crippen molar-refractivity contribution in [3.05, 3.63) is 48.5 Å². The van der Waals surface area contributed by atoms with Crippen LogP contribution in [0, 0.1) is 5.92 Å². The topological polar surface area (TPSA) is 61.9 Å². The van der Waals surface area contributed by atoms with Gasteiger partial charge in [-0.25, -0.2) is 0 Å². The molecule has 28 heavy (non-hydrogen) atoms. The van der Waals surface area contributed by atoms with Crippen LogP contribution in [-0.4, -0.2) is 38.6 Å². The number of carbonyl (C=O) groups excluding carboxylic acids is 2. The number of nitrogens with zero attached hydrogens (tertiary/aromatic N) is 2. The number of ether oxygens (including phenoxy) is 1. The SMILES string of the molecule is CCN(CC)c1ccc(NC(=O)C2CC(=O)N(c3ccc(OC)cc3)C2)cc1. The molecule has 0 spiro atoms. The summed E-state index contributed by atoms with van der Waals surface area (Å²) in [5.74, 6) is 0.206. The average Bonchev–Trinajstić information content (AvgIpc) is 3.12. The molecule has 1 heterocycles. The van der Waals surface area contributed by atoms with Gasteiger partial charge < -0.3 is 19.9 Å². The molecule has 1 aliphatic rings. The molecule has 6 heteroatoms. The van der Waals surface area contributed by atoms with Crippen molar-refractivity contribution in [2.75, 3.05) is 41.9 Å². The second-order valence-corrected chi connectivity index (χ2v) is 6.81. The molecule has 0 radical (unpaired) electrons. The number of methoxy groups -OCH3 is 1. The molecule has 2 aromatic rings. The van der Waals surface area contributed by atoms with E-state index in [1.54, 1.807) is 12.0 Å². The van der Waals surface area contributed by atoms with Crippen molar-refractivity contribution in [3.8, 4) is 5.75 Å². The third-order valence-corrected chi connectivity index (χ3v) is 5.14. The standard InChI is InChI=1S/C22H27N3O3/c1-4-24(5-2)18-8-6-17(7-9-18)23-22(27)16-14-21(26)25(15-16)19-10-12-20(28-3)13-11-19/h6-13,16H,4-5,14-15H2,1-3H3,(H,23,27). The first kappa shape index (κ1) is 19.7. The monoisotopic (exact) mass is 381 g/mol. The molecule has 2 amide bonds. The van der Waals surface area contributed by atoms with Gasteiger partial charge in [0.05, 0.1) is 13.0 Å². The Bertz CT molecular complexity index is 814. The van der Waals surface area contributed by atoms with E-state index >= 15 is 0 Å². The predicted octanol–water partition coefficient (Wildman–Crippen LogP) is 3.53. The van der Waals surface area contributed by atoms with E-state index in [1.807, 2.05) is 48.5 Å². The van der Waals surface area contributed by atoms with Gasteiger partial charge in [-0.05, 0) is 62.4 Å². The van der Waals surface area contributed by atoms with Crippen LogP contribution in [0.5, 0.6) is 5.75 Å². The van der Waals surface area contributed by atoms with Crippen LogP contribution in [0.15, 0.2) is 48.5 Å². The largest absolute Gasteiger partial charge is 0.497 e. The van der Waals surface area contributed by atoms with Crippen molar-refractivity contribution >= 4 is 28.9 Å². The third-order valence-electron chi connectivity index (χ3n) is 5.14. The number of anilines is 3. The normalized spacial score (nSPS) is 16.2. The summed E-state index contributed by atoms with van der Waals surface area (Å²) in [5.41, 5.74) is 2.66. The van der Waals surface area contributed by atoms with Crippen molar-refractivity contribution in [3.63, 3.8) is 0 Å². The molecular formula is C22H27N3O3. The van der Waals surface area contributed by atoms with Gasteiger partial charge in [0.1, 0.15) is 5.75 Å². The lowest BCUT2D eigenvalue weighted by Crippen LogP contribution is -2.28. The molecular weight excluding hydrogens is 354 g/mol. The van der Waals surface area contributed by atoms with E-state index in [0.717, 1.165) is 35.9 Å². The molecule has 0 aromatic heterocycles. The molecule has 0 bridgehead atoms. The summed E-state index contributed by atoms with van der Waals surface area (Å²) < 4.78 is 5.15. The number of amides is 2. The first-order valence-corrected chi connectivity index (χ1v) is 9.66. The molecule has 0 saturated carbocycles. The number of hydrogen-bond acceptors (Lipinski definition) is 4. The van der Waals surface area contributed by atoms with Crippen LogP contribution in [0.4, 0.5) is 17.1 Å². The summed E-state index contributed by atoms with van der Waals surface area (Å²) in [6.45, 7) is 6.49. The maximum atomic E-state index is 12.6. The lowest BCUT2D eigenvalue weighted by Gasteiger charge is -2.21. The van der Waals surface area contributed by atoms with Crippen molar-refractivity contribution in [1.29, 1.82) is 0 Å². The molecule has 148 valence electrons. The summed E-state index contributed by atoms with van der Waals surface area (Å²) >= 11 is 0. The zero-order valence-electron chi connectivity index (χ0n) is 16.6. The number of rotatable bonds is 7. The molecule has 1 aliphatic heterocycles. The van der Waals surface area contributed by atoms with Crippen LogP contribution in [0.1, 0.15) is 20.3 Å². The van der Waals surface area contributed by atoms with Crippen molar-refractivity contribution in [2.45, 2.75) is 20.3 Å². The maximum absolute atomic E-state index is 12.6. The predicted molar refractivity (Wildman–Crippen MR) is 112 cm³/mol. The molecule has 2 aromatic carbocycles. The molecule has 1 saturated heterocycles. The summed E-state index contributed by atoms with van der Waals surface area (Å²) in [7, 11) is 1.60. The van der Waals surface area contributed by atoms with Gasteiger partial charge in [-0.3, -0.25) is 9.59 Å². The Morgan fingerprint density at radius 1 is 1.11 bits per heavy atom. The van der Waals surface area contributed by atoms with Gasteiger partial charge in [-0.2, -0.15) is 0 Å². The zero-order chi connectivity index (χ0) is 20.1. The first-order valence-electron chi connectivity index (χ1n) is 9.66. The van der Waals surface area contributed by atoms with Crippen LogP contribution in [0.2, 0.25) is 0 Å². The molecule has 1 fully saturated rings. The first-order chi connectivity index (χ1) is 13.5. The summed E-state index contributed by atoms with van der Waals surface area (Å²) in [6, 6.07) is 15.1. The Kier molecular flexibility index (Phi) is 6.19. The Morgan fingerprint density at radius 2 is 1.75 bits per heavy atom. The van der Waals surface area contributed by atoms with Crippen LogP contribution >= 0.6 is 0 Å². The van der Waals surface area contributed by atoms with Gasteiger partial charge in [0.2, 0.25) is 11.8 Å². The van der Waals surface area contributed by atoms with E-state index < -0.39 is 0 Å². The van der Waals surface area contributed by atoms with Gasteiger partial charge in [-0.15, -0.1) is 0 Å². The highest BCUT2D eigenvalue weighted by atomic mass is 16.5. The van der Waals surface area contributed by atoms with Gasteiger partial charge in [0.15, 0.2) is 0 Å². The van der Waals surface area contributed by atoms with Crippen LogP contribution in [-0.2, 0) is 9.59 Å². The van der Waals surface area contributed by atoms with E-state index in [-0.39, 0.29) is 24.2 Å². The Morgan fingerprint density at radius 3 is 2.32 bits per heavy atom. The average molecular weight is 381 g/mol. The summed E-state index contributed by atoms with van der Waals surface area (Å²) in [5, 5.41) is 2.94. The quantitative estimate of drug-likeness (QED) is 0.797. The highest BCUT2D eigenvalue weighted by molar-refractivity contribution is 6.03. The van der Waals surface area contributed by atoms with Crippen molar-refractivity contribution < 1.29 is 14.3 Å². The molecule has 1 N–H and O–H groups in total. The van der Waals surface area contributed by atoms with Crippen LogP contribution in [0.3, 0.4) is 0 Å². The lowest BCUT2D eigenvalue weighted by molar-refractivity contribution is -0.122. The molecule has 3 rings (SSSR count). The second-order valence-electron chi connectivity index (χ2n) is 6.81. The summed E-state index contributed by atoms with van der Waals surface area (Å²) in [6.07, 6.45) is 0.218. The van der Waals surface area contributed by atoms with E-state index in [9.17, 15) is 9.59 Å². The van der Waals surface area contributed by atoms with E-state index in [1.165, 1.54) is 0 Å². The lowest BCUT2D eigenvalue weighted by atomic mass is 10.1. The fraction of sp³-hybridized carbons (Fsp3) is 0.364. The van der Waals surface area contributed by atoms with E-state index in [4.69, 9.17) is 4.74 Å². The Labute approximate surface area is 166 Å². The molecule has 1 atom stereocenters. The minimum atomic E-state index is -0.364. The van der Waals surface area contributed by atoms with Gasteiger partial charge in [0, 0.05) is 43.1 Å². The Hall–Kier alpha value is -3.02. The highest BCUT2D eigenvalue weighted by Crippen LogP contribution is 2.28. The zero-order valence-corrected chi connectivity index (χ0v) is 16.6. The van der Waals surface area contributed by atoms with Crippen LogP contribution < -0.4 is 19.9 Å². The number of nitrogens with one attached hydrogen (secondary N) is 1. The minimum absolute atomic E-state index is 0.0396. The smallest absolute Gasteiger partial charge is 0.229 e. The summed E-state index contributed by atoms with van der Waals surface area (Å²) in [4.78, 5) is 28.9. The van der Waals surface area contributed by atoms with Gasteiger partial charge >= 0.3 is 0 Å². The van der Waals surface area contributed by atoms with E-state index in [0.29, 0.717) is 6.54 Å². The van der Waals surface area contributed by atoms with Crippen molar-refractivity contribution in [1.82, 2.24) is 0 Å². The minimum Gasteiger partial charge on any atom is -0.497 e. The molecule has 1 unspecified atom stereocenters. The highest BCUT2D eigenvalue weighted by Gasteiger charge is 2.35. The molecule has 0 aliphatic carbocycles. The fourth-order valence-electron chi connectivity index (χ4n) is 3.48. The Balaban J connectivity index is 1.62. The van der Waals surface area contributed by atoms with Gasteiger partial charge in [0.25, 0.3) is 0 Å². The number of carbonyl (C=O) groups is 2. The van der Waals surface area contributed by atoms with Crippen molar-refractivity contribution in [2.24, 2.45) is 5.92 Å². The van der Waals surface area contributed by atoms with Gasteiger partial charge in [-0.1, -0.05) is 0 Å². The number of benzene rings is 2. The second kappa shape index (κ2) is 8.78. The van der Waals surface area contributed by atoms with Crippen LogP contribution in [0.25, 0.3) is 0 Å². The third kappa shape index (κ3) is 4.27. The van der Waals surface area contributed by atoms with E-state index in [2.05, 4.69) is 24.1 Å². The fourth-order valence-corrected chi connectivity index (χ4v) is 3.48. The number of hydrogen-bond donors (Lipinski definition) is 1.